The minimum atomic E-state index is -0.935. The number of aliphatic carboxylic acids is 1. The van der Waals surface area contributed by atoms with Crippen LogP contribution in [0.25, 0.3) is 0 Å². The van der Waals surface area contributed by atoms with Crippen molar-refractivity contribution in [3.05, 3.63) is 22.8 Å². The first-order valence-corrected chi connectivity index (χ1v) is 6.05. The highest BCUT2D eigenvalue weighted by Gasteiger charge is 2.49. The molecule has 4 heteroatoms. The number of hydrogen-bond acceptors (Lipinski definition) is 3. The molecule has 0 spiro atoms. The lowest BCUT2D eigenvalue weighted by Crippen LogP contribution is -2.43. The average Bonchev–Trinajstić information content (AvgIpc) is 2.20. The summed E-state index contributed by atoms with van der Waals surface area (Å²) in [5.74, 6) is -0.502. The summed E-state index contributed by atoms with van der Waals surface area (Å²) in [5, 5.41) is 19.8. The number of methoxy groups -OCH3 is 1. The first-order chi connectivity index (χ1) is 8.44. The quantitative estimate of drug-likeness (QED) is 0.865. The maximum atomic E-state index is 11.5. The summed E-state index contributed by atoms with van der Waals surface area (Å²) in [4.78, 5) is 11.5. The van der Waals surface area contributed by atoms with E-state index in [2.05, 4.69) is 0 Å². The van der Waals surface area contributed by atoms with Crippen LogP contribution in [0, 0.1) is 13.8 Å². The first kappa shape index (κ1) is 12.7. The van der Waals surface area contributed by atoms with E-state index < -0.39 is 11.4 Å². The number of rotatable bonds is 3. The van der Waals surface area contributed by atoms with E-state index in [0.29, 0.717) is 24.2 Å². The van der Waals surface area contributed by atoms with E-state index in [4.69, 9.17) is 4.74 Å². The van der Waals surface area contributed by atoms with Crippen LogP contribution in [0.2, 0.25) is 0 Å². The number of carboxylic acids is 1. The predicted molar refractivity (Wildman–Crippen MR) is 67.3 cm³/mol. The van der Waals surface area contributed by atoms with Gasteiger partial charge in [-0.05, 0) is 37.8 Å². The van der Waals surface area contributed by atoms with Crippen molar-refractivity contribution in [2.24, 2.45) is 0 Å². The van der Waals surface area contributed by atoms with Crippen molar-refractivity contribution in [1.82, 2.24) is 0 Å². The fourth-order valence-corrected chi connectivity index (χ4v) is 2.91. The van der Waals surface area contributed by atoms with Crippen molar-refractivity contribution in [3.8, 4) is 11.5 Å². The van der Waals surface area contributed by atoms with Crippen molar-refractivity contribution in [2.45, 2.75) is 38.5 Å². The van der Waals surface area contributed by atoms with E-state index in [-0.39, 0.29) is 5.75 Å². The van der Waals surface area contributed by atoms with Crippen molar-refractivity contribution >= 4 is 5.97 Å². The highest BCUT2D eigenvalue weighted by Crippen LogP contribution is 2.51. The third kappa shape index (κ3) is 1.55. The minimum absolute atomic E-state index is 0.0166. The zero-order chi connectivity index (χ0) is 13.5. The van der Waals surface area contributed by atoms with Gasteiger partial charge in [-0.25, -0.2) is 0 Å². The molecule has 0 aromatic heterocycles. The van der Waals surface area contributed by atoms with Gasteiger partial charge in [-0.1, -0.05) is 12.5 Å². The number of ether oxygens (including phenoxy) is 1. The molecule has 0 atom stereocenters. The van der Waals surface area contributed by atoms with Gasteiger partial charge in [0, 0.05) is 5.56 Å². The van der Waals surface area contributed by atoms with Crippen LogP contribution in [0.3, 0.4) is 0 Å². The summed E-state index contributed by atoms with van der Waals surface area (Å²) in [5.41, 5.74) is 1.21. The van der Waals surface area contributed by atoms with Crippen LogP contribution in [0.4, 0.5) is 0 Å². The lowest BCUT2D eigenvalue weighted by molar-refractivity contribution is -0.147. The monoisotopic (exact) mass is 250 g/mol. The molecule has 98 valence electrons. The smallest absolute Gasteiger partial charge is 0.314 e. The molecule has 0 amide bonds. The second kappa shape index (κ2) is 4.19. The third-order valence-electron chi connectivity index (χ3n) is 3.94. The highest BCUT2D eigenvalue weighted by molar-refractivity contribution is 5.85. The molecule has 4 nitrogen and oxygen atoms in total. The molecule has 1 saturated carbocycles. The number of phenols is 1. The Kier molecular flexibility index (Phi) is 2.97. The number of aromatic hydroxyl groups is 1. The van der Waals surface area contributed by atoms with E-state index >= 15 is 0 Å². The Balaban J connectivity index is 2.67. The van der Waals surface area contributed by atoms with E-state index in [0.717, 1.165) is 17.5 Å². The summed E-state index contributed by atoms with van der Waals surface area (Å²) in [6, 6.07) is 1.87. The van der Waals surface area contributed by atoms with E-state index in [1.165, 1.54) is 7.11 Å². The summed E-state index contributed by atoms with van der Waals surface area (Å²) in [7, 11) is 1.48. The van der Waals surface area contributed by atoms with Gasteiger partial charge < -0.3 is 14.9 Å². The Morgan fingerprint density at radius 3 is 2.33 bits per heavy atom. The third-order valence-corrected chi connectivity index (χ3v) is 3.94. The van der Waals surface area contributed by atoms with Gasteiger partial charge in [-0.2, -0.15) is 0 Å². The van der Waals surface area contributed by atoms with Crippen LogP contribution < -0.4 is 4.74 Å². The number of phenolic OH excluding ortho intramolecular Hbond substituents is 1. The molecule has 0 unspecified atom stereocenters. The average molecular weight is 250 g/mol. The fourth-order valence-electron chi connectivity index (χ4n) is 2.91. The van der Waals surface area contributed by atoms with Crippen LogP contribution in [0.15, 0.2) is 6.07 Å². The van der Waals surface area contributed by atoms with Gasteiger partial charge >= 0.3 is 5.97 Å². The molecule has 1 aromatic carbocycles. The molecular weight excluding hydrogens is 232 g/mol. The maximum absolute atomic E-state index is 11.5. The molecule has 1 fully saturated rings. The Bertz CT molecular complexity index is 501. The largest absolute Gasteiger partial charge is 0.504 e. The number of carbonyl (C=O) groups is 1. The molecule has 0 saturated heterocycles. The molecule has 0 aliphatic heterocycles. The Morgan fingerprint density at radius 1 is 1.33 bits per heavy atom. The van der Waals surface area contributed by atoms with Crippen LogP contribution in [-0.2, 0) is 10.2 Å². The molecule has 0 radical (unpaired) electrons. The second-order valence-electron chi connectivity index (χ2n) is 5.01. The lowest BCUT2D eigenvalue weighted by atomic mass is 9.63. The fraction of sp³-hybridized carbons (Fsp3) is 0.500. The van der Waals surface area contributed by atoms with Crippen molar-refractivity contribution in [3.63, 3.8) is 0 Å². The first-order valence-electron chi connectivity index (χ1n) is 6.05. The number of benzene rings is 1. The molecule has 2 N–H and O–H groups in total. The number of carboxylic acid groups (broad SMARTS) is 1. The molecule has 0 bridgehead atoms. The van der Waals surface area contributed by atoms with Crippen LogP contribution in [0.1, 0.15) is 36.0 Å². The molecule has 0 heterocycles. The van der Waals surface area contributed by atoms with Crippen molar-refractivity contribution in [2.75, 3.05) is 7.11 Å². The summed E-state index contributed by atoms with van der Waals surface area (Å²) < 4.78 is 5.17. The van der Waals surface area contributed by atoms with Gasteiger partial charge in [0.25, 0.3) is 0 Å². The lowest BCUT2D eigenvalue weighted by Gasteiger charge is -2.39. The van der Waals surface area contributed by atoms with Gasteiger partial charge in [0.2, 0.25) is 0 Å². The Morgan fingerprint density at radius 2 is 1.94 bits per heavy atom. The van der Waals surface area contributed by atoms with E-state index in [1.807, 2.05) is 19.9 Å². The summed E-state index contributed by atoms with van der Waals surface area (Å²) in [6.45, 7) is 3.67. The van der Waals surface area contributed by atoms with Gasteiger partial charge in [0.05, 0.1) is 12.5 Å². The van der Waals surface area contributed by atoms with Gasteiger partial charge in [-0.3, -0.25) is 4.79 Å². The van der Waals surface area contributed by atoms with Crippen molar-refractivity contribution < 1.29 is 19.7 Å². The standard InChI is InChI=1S/C14H18O4/c1-8-7-9(2)12(18-3)11(15)10(8)14(13(16)17)5-4-6-14/h7,15H,4-6H2,1-3H3,(H,16,17). The van der Waals surface area contributed by atoms with Gasteiger partial charge in [0.1, 0.15) is 0 Å². The van der Waals surface area contributed by atoms with Crippen LogP contribution in [0.5, 0.6) is 11.5 Å². The summed E-state index contributed by atoms with van der Waals surface area (Å²) >= 11 is 0. The maximum Gasteiger partial charge on any atom is 0.314 e. The predicted octanol–water partition coefficient (Wildman–Crippen LogP) is 2.52. The molecule has 18 heavy (non-hydrogen) atoms. The second-order valence-corrected chi connectivity index (χ2v) is 5.01. The molecule has 1 aromatic rings. The Hall–Kier alpha value is -1.71. The minimum Gasteiger partial charge on any atom is -0.504 e. The zero-order valence-electron chi connectivity index (χ0n) is 10.9. The topological polar surface area (TPSA) is 66.8 Å². The molecular formula is C14H18O4. The molecule has 1 aliphatic rings. The van der Waals surface area contributed by atoms with E-state index in [9.17, 15) is 15.0 Å². The molecule has 1 aliphatic carbocycles. The normalized spacial score (nSPS) is 17.1. The van der Waals surface area contributed by atoms with E-state index in [1.54, 1.807) is 0 Å². The highest BCUT2D eigenvalue weighted by atomic mass is 16.5. The Labute approximate surface area is 106 Å². The van der Waals surface area contributed by atoms with Crippen LogP contribution >= 0.6 is 0 Å². The van der Waals surface area contributed by atoms with Gasteiger partial charge in [0.15, 0.2) is 11.5 Å². The summed E-state index contributed by atoms with van der Waals surface area (Å²) in [6.07, 6.45) is 2.02. The van der Waals surface area contributed by atoms with Crippen molar-refractivity contribution in [1.29, 1.82) is 0 Å². The SMILES string of the molecule is COc1c(C)cc(C)c(C2(C(=O)O)CCC2)c1O. The van der Waals surface area contributed by atoms with Gasteiger partial charge in [-0.15, -0.1) is 0 Å². The number of hydrogen-bond donors (Lipinski definition) is 2. The molecule has 2 rings (SSSR count). The van der Waals surface area contributed by atoms with Crippen LogP contribution in [-0.4, -0.2) is 23.3 Å². The zero-order valence-corrected chi connectivity index (χ0v) is 10.9. The number of aryl methyl sites for hydroxylation is 2.